The topological polar surface area (TPSA) is 38.2 Å². The first kappa shape index (κ1) is 16.5. The average molecular weight is 365 g/mol. The largest absolute Gasteiger partial charge is 0.496 e. The minimum Gasteiger partial charge on any atom is -0.496 e. The van der Waals surface area contributed by atoms with Gasteiger partial charge in [0.1, 0.15) is 17.3 Å². The third-order valence-electron chi connectivity index (χ3n) is 5.00. The Bertz CT molecular complexity index is 1230. The molecule has 3 aromatic carbocycles. The normalized spacial score (nSPS) is 11.0. The molecule has 0 atom stereocenters. The van der Waals surface area contributed by atoms with Crippen LogP contribution in [0.5, 0.6) is 5.75 Å². The van der Waals surface area contributed by atoms with Crippen LogP contribution in [-0.4, -0.2) is 12.1 Å². The third kappa shape index (κ3) is 2.69. The highest BCUT2D eigenvalue weighted by molar-refractivity contribution is 6.03. The van der Waals surface area contributed by atoms with E-state index in [-0.39, 0.29) is 0 Å². The van der Waals surface area contributed by atoms with Gasteiger partial charge in [-0.25, -0.2) is 0 Å². The van der Waals surface area contributed by atoms with E-state index in [0.29, 0.717) is 0 Å². The minimum atomic E-state index is 0.843. The van der Waals surface area contributed by atoms with Crippen LogP contribution >= 0.6 is 0 Å². The molecule has 0 aliphatic heterocycles. The number of ether oxygens (including phenoxy) is 1. The van der Waals surface area contributed by atoms with Crippen molar-refractivity contribution < 1.29 is 9.15 Å². The van der Waals surface area contributed by atoms with E-state index in [0.717, 1.165) is 50.4 Å². The number of furan rings is 1. The molecule has 5 rings (SSSR count). The summed E-state index contributed by atoms with van der Waals surface area (Å²) >= 11 is 0. The Morgan fingerprint density at radius 3 is 2.18 bits per heavy atom. The summed E-state index contributed by atoms with van der Waals surface area (Å²) in [4.78, 5) is 3.37. The molecule has 0 amide bonds. The molecule has 0 fully saturated rings. The lowest BCUT2D eigenvalue weighted by Crippen LogP contribution is -1.85. The second-order valence-electron chi connectivity index (χ2n) is 6.67. The number of hydrogen-bond acceptors (Lipinski definition) is 2. The van der Waals surface area contributed by atoms with Crippen molar-refractivity contribution in [3.8, 4) is 39.5 Å². The van der Waals surface area contributed by atoms with E-state index < -0.39 is 0 Å². The molecule has 0 aliphatic carbocycles. The van der Waals surface area contributed by atoms with Gasteiger partial charge >= 0.3 is 0 Å². The molecule has 5 aromatic rings. The first-order valence-corrected chi connectivity index (χ1v) is 9.24. The van der Waals surface area contributed by atoms with Gasteiger partial charge in [0.2, 0.25) is 0 Å². The minimum absolute atomic E-state index is 0.843. The van der Waals surface area contributed by atoms with Crippen LogP contribution in [0.4, 0.5) is 0 Å². The first-order valence-electron chi connectivity index (χ1n) is 9.24. The summed E-state index contributed by atoms with van der Waals surface area (Å²) in [5, 5.41) is 1.06. The van der Waals surface area contributed by atoms with Gasteiger partial charge in [-0.05, 0) is 18.2 Å². The van der Waals surface area contributed by atoms with E-state index in [1.807, 2.05) is 54.7 Å². The van der Waals surface area contributed by atoms with E-state index in [2.05, 4.69) is 41.4 Å². The fraction of sp³-hybridized carbons (Fsp3) is 0.0400. The Morgan fingerprint density at radius 2 is 1.46 bits per heavy atom. The lowest BCUT2D eigenvalue weighted by molar-refractivity contribution is 0.420. The van der Waals surface area contributed by atoms with Crippen molar-refractivity contribution >= 4 is 10.9 Å². The summed E-state index contributed by atoms with van der Waals surface area (Å²) in [6.45, 7) is 0. The van der Waals surface area contributed by atoms with Gasteiger partial charge in [0.15, 0.2) is 0 Å². The van der Waals surface area contributed by atoms with Crippen LogP contribution in [0.15, 0.2) is 95.5 Å². The number of H-pyrrole nitrogens is 1. The molecule has 136 valence electrons. The smallest absolute Gasteiger partial charge is 0.142 e. The number of aromatic nitrogens is 1. The Morgan fingerprint density at radius 1 is 0.750 bits per heavy atom. The van der Waals surface area contributed by atoms with Crippen LogP contribution in [0.25, 0.3) is 44.7 Å². The van der Waals surface area contributed by atoms with Crippen molar-refractivity contribution in [2.75, 3.05) is 7.11 Å². The number of hydrogen-bond donors (Lipinski definition) is 1. The number of methoxy groups -OCH3 is 1. The Labute approximate surface area is 163 Å². The van der Waals surface area contributed by atoms with Crippen LogP contribution < -0.4 is 4.74 Å². The SMILES string of the molecule is COc1cccc2[nH]cc(-c3cc(-c4ccccc4)oc3-c3ccccc3)c12. The monoisotopic (exact) mass is 365 g/mol. The van der Waals surface area contributed by atoms with Gasteiger partial charge in [-0.3, -0.25) is 0 Å². The molecule has 2 heterocycles. The van der Waals surface area contributed by atoms with E-state index in [1.54, 1.807) is 7.11 Å². The molecule has 0 aliphatic rings. The first-order chi connectivity index (χ1) is 13.8. The molecule has 0 unspecified atom stereocenters. The zero-order valence-electron chi connectivity index (χ0n) is 15.5. The molecule has 0 saturated carbocycles. The maximum Gasteiger partial charge on any atom is 0.142 e. The fourth-order valence-corrected chi connectivity index (χ4v) is 3.67. The fourth-order valence-electron chi connectivity index (χ4n) is 3.67. The molecule has 2 aromatic heterocycles. The van der Waals surface area contributed by atoms with Gasteiger partial charge < -0.3 is 14.1 Å². The predicted octanol–water partition coefficient (Wildman–Crippen LogP) is 6.77. The highest BCUT2D eigenvalue weighted by Crippen LogP contribution is 2.43. The summed E-state index contributed by atoms with van der Waals surface area (Å²) in [6.07, 6.45) is 2.03. The summed E-state index contributed by atoms with van der Waals surface area (Å²) in [7, 11) is 1.70. The molecule has 0 radical (unpaired) electrons. The van der Waals surface area contributed by atoms with Crippen molar-refractivity contribution in [1.29, 1.82) is 0 Å². The molecule has 0 spiro atoms. The van der Waals surface area contributed by atoms with E-state index in [1.165, 1.54) is 0 Å². The number of benzene rings is 3. The Kier molecular flexibility index (Phi) is 3.99. The van der Waals surface area contributed by atoms with Gasteiger partial charge in [-0.15, -0.1) is 0 Å². The van der Waals surface area contributed by atoms with Gasteiger partial charge in [0.05, 0.1) is 7.11 Å². The Hall–Kier alpha value is -3.72. The maximum atomic E-state index is 6.38. The molecular formula is C25H19NO2. The Balaban J connectivity index is 1.79. The number of fused-ring (bicyclic) bond motifs is 1. The summed E-state index contributed by atoms with van der Waals surface area (Å²) in [6, 6.07) is 28.5. The highest BCUT2D eigenvalue weighted by atomic mass is 16.5. The molecular weight excluding hydrogens is 346 g/mol. The molecule has 0 saturated heterocycles. The molecule has 1 N–H and O–H groups in total. The highest BCUT2D eigenvalue weighted by Gasteiger charge is 2.20. The maximum absolute atomic E-state index is 6.38. The van der Waals surface area contributed by atoms with Gasteiger partial charge in [0, 0.05) is 39.4 Å². The summed E-state index contributed by atoms with van der Waals surface area (Å²) < 4.78 is 12.0. The van der Waals surface area contributed by atoms with Crippen molar-refractivity contribution in [2.24, 2.45) is 0 Å². The number of nitrogens with one attached hydrogen (secondary N) is 1. The summed E-state index contributed by atoms with van der Waals surface area (Å²) in [5.74, 6) is 2.54. The van der Waals surface area contributed by atoms with E-state index in [9.17, 15) is 0 Å². The van der Waals surface area contributed by atoms with Crippen molar-refractivity contribution in [1.82, 2.24) is 4.98 Å². The third-order valence-corrected chi connectivity index (χ3v) is 5.00. The molecule has 3 heteroatoms. The second-order valence-corrected chi connectivity index (χ2v) is 6.67. The lowest BCUT2D eigenvalue weighted by Gasteiger charge is -2.05. The van der Waals surface area contributed by atoms with Crippen molar-refractivity contribution in [3.63, 3.8) is 0 Å². The number of aromatic amines is 1. The quantitative estimate of drug-likeness (QED) is 0.381. The van der Waals surface area contributed by atoms with Crippen LogP contribution in [-0.2, 0) is 0 Å². The van der Waals surface area contributed by atoms with Gasteiger partial charge in [0.25, 0.3) is 0 Å². The zero-order valence-corrected chi connectivity index (χ0v) is 15.5. The summed E-state index contributed by atoms with van der Waals surface area (Å²) in [5.41, 5.74) is 5.25. The zero-order chi connectivity index (χ0) is 18.9. The van der Waals surface area contributed by atoms with Crippen LogP contribution in [0.1, 0.15) is 0 Å². The van der Waals surface area contributed by atoms with Crippen molar-refractivity contribution in [3.05, 3.63) is 91.1 Å². The molecule has 0 bridgehead atoms. The van der Waals surface area contributed by atoms with Crippen LogP contribution in [0.2, 0.25) is 0 Å². The van der Waals surface area contributed by atoms with E-state index >= 15 is 0 Å². The van der Waals surface area contributed by atoms with Gasteiger partial charge in [-0.1, -0.05) is 66.7 Å². The van der Waals surface area contributed by atoms with Crippen molar-refractivity contribution in [2.45, 2.75) is 0 Å². The molecule has 28 heavy (non-hydrogen) atoms. The number of rotatable bonds is 4. The van der Waals surface area contributed by atoms with Gasteiger partial charge in [-0.2, -0.15) is 0 Å². The van der Waals surface area contributed by atoms with E-state index in [4.69, 9.17) is 9.15 Å². The lowest BCUT2D eigenvalue weighted by atomic mass is 10.00. The molecule has 3 nitrogen and oxygen atoms in total. The van der Waals surface area contributed by atoms with Crippen LogP contribution in [0.3, 0.4) is 0 Å². The standard InChI is InChI=1S/C25H19NO2/c1-27-22-14-8-13-21-24(22)20(16-26-21)19-15-23(17-9-4-2-5-10-17)28-25(19)18-11-6-3-7-12-18/h2-16,26H,1H3. The van der Waals surface area contributed by atoms with Crippen LogP contribution in [0, 0.1) is 0 Å². The second kappa shape index (κ2) is 6.78. The average Bonchev–Trinajstić information content (AvgIpc) is 3.39. The predicted molar refractivity (Wildman–Crippen MR) is 113 cm³/mol.